The van der Waals surface area contributed by atoms with E-state index in [0.717, 1.165) is 11.8 Å². The average Bonchev–Trinajstić information content (AvgIpc) is 2.63. The van der Waals surface area contributed by atoms with Crippen molar-refractivity contribution in [3.8, 4) is 0 Å². The highest BCUT2D eigenvalue weighted by Gasteiger charge is 2.31. The molecule has 27 heavy (non-hydrogen) atoms. The zero-order valence-electron chi connectivity index (χ0n) is 15.3. The first kappa shape index (κ1) is 23.1. The van der Waals surface area contributed by atoms with Crippen molar-refractivity contribution in [1.82, 2.24) is 10.7 Å². The molecule has 1 aromatic carbocycles. The summed E-state index contributed by atoms with van der Waals surface area (Å²) >= 11 is 0.798. The molecule has 10 heteroatoms. The molecule has 0 saturated heterocycles. The van der Waals surface area contributed by atoms with Gasteiger partial charge in [0, 0.05) is 11.3 Å². The van der Waals surface area contributed by atoms with E-state index in [0.29, 0.717) is 5.56 Å². The molecule has 1 amide bonds. The Hall–Kier alpha value is -1.98. The zero-order chi connectivity index (χ0) is 20.4. The van der Waals surface area contributed by atoms with Crippen LogP contribution in [0, 0.1) is 10.6 Å². The summed E-state index contributed by atoms with van der Waals surface area (Å²) in [5.41, 5.74) is -0.728. The van der Waals surface area contributed by atoms with Crippen molar-refractivity contribution in [3.05, 3.63) is 41.1 Å². The Bertz CT molecular complexity index is 637. The summed E-state index contributed by atoms with van der Waals surface area (Å²) in [5, 5.41) is 20.4. The summed E-state index contributed by atoms with van der Waals surface area (Å²) in [5.74, 6) is -1.18. The third-order valence-electron chi connectivity index (χ3n) is 3.38. The fraction of sp³-hybridized carbons (Fsp3) is 0.471. The molecule has 0 aliphatic heterocycles. The van der Waals surface area contributed by atoms with E-state index >= 15 is 0 Å². The number of ether oxygens (including phenoxy) is 1. The number of hydrogen-bond acceptors (Lipinski definition) is 9. The molecule has 0 fully saturated rings. The molecule has 1 aromatic rings. The highest BCUT2D eigenvalue weighted by atomic mass is 32.2. The average molecular weight is 399 g/mol. The minimum atomic E-state index is -1.10. The highest BCUT2D eigenvalue weighted by Crippen LogP contribution is 2.25. The molecule has 0 aliphatic rings. The first-order chi connectivity index (χ1) is 12.7. The standard InChI is InChI=1S/C17H23N2O7S/c1-4-25-15(21)13(18-14(20)12-8-6-5-7-9-12)10-27-16(22)17(2,3)11-26-19(23)24/h5-9,13,23H,4,10-11H2,1-3H3,(H,18,20)/q-1/t13-/m0/s1. The van der Waals surface area contributed by atoms with Crippen LogP contribution in [0.5, 0.6) is 0 Å². The van der Waals surface area contributed by atoms with E-state index in [1.165, 1.54) is 13.8 Å². The van der Waals surface area contributed by atoms with E-state index in [4.69, 9.17) is 9.94 Å². The predicted molar refractivity (Wildman–Crippen MR) is 98.5 cm³/mol. The number of thioether (sulfide) groups is 1. The Kier molecular flexibility index (Phi) is 9.39. The molecule has 0 bridgehead atoms. The van der Waals surface area contributed by atoms with Gasteiger partial charge in [-0.2, -0.15) is 0 Å². The first-order valence-corrected chi connectivity index (χ1v) is 9.14. The molecule has 9 nitrogen and oxygen atoms in total. The monoisotopic (exact) mass is 399 g/mol. The van der Waals surface area contributed by atoms with E-state index < -0.39 is 28.7 Å². The normalized spacial score (nSPS) is 12.5. The predicted octanol–water partition coefficient (Wildman–Crippen LogP) is 1.75. The van der Waals surface area contributed by atoms with Gasteiger partial charge in [0.05, 0.1) is 18.6 Å². The van der Waals surface area contributed by atoms with E-state index in [9.17, 15) is 19.6 Å². The third kappa shape index (κ3) is 8.06. The smallest absolute Gasteiger partial charge is 0.329 e. The molecule has 0 aromatic heterocycles. The molecule has 0 unspecified atom stereocenters. The maximum absolute atomic E-state index is 12.3. The van der Waals surface area contributed by atoms with Crippen molar-refractivity contribution in [2.45, 2.75) is 26.8 Å². The van der Waals surface area contributed by atoms with Crippen LogP contribution in [0.4, 0.5) is 0 Å². The van der Waals surface area contributed by atoms with Gasteiger partial charge >= 0.3 is 5.97 Å². The van der Waals surface area contributed by atoms with Crippen LogP contribution in [0.25, 0.3) is 0 Å². The second-order valence-corrected chi connectivity index (χ2v) is 7.13. The molecular weight excluding hydrogens is 376 g/mol. The number of carbonyl (C=O) groups excluding carboxylic acids is 3. The Morgan fingerprint density at radius 1 is 1.30 bits per heavy atom. The van der Waals surface area contributed by atoms with E-state index in [1.54, 1.807) is 37.3 Å². The van der Waals surface area contributed by atoms with E-state index in [-0.39, 0.29) is 24.1 Å². The Labute approximate surface area is 161 Å². The zero-order valence-corrected chi connectivity index (χ0v) is 16.2. The maximum Gasteiger partial charge on any atom is 0.329 e. The summed E-state index contributed by atoms with van der Waals surface area (Å²) in [6, 6.07) is 7.30. The van der Waals surface area contributed by atoms with Gasteiger partial charge in [-0.05, 0) is 32.9 Å². The summed E-state index contributed by atoms with van der Waals surface area (Å²) in [6.07, 6.45) is 0. The maximum atomic E-state index is 12.3. The van der Waals surface area contributed by atoms with Crippen molar-refractivity contribution in [2.24, 2.45) is 5.41 Å². The number of benzene rings is 1. The molecule has 0 spiro atoms. The van der Waals surface area contributed by atoms with Crippen molar-refractivity contribution in [2.75, 3.05) is 19.0 Å². The minimum Gasteiger partial charge on any atom is -0.738 e. The number of nitrogens with one attached hydrogen (secondary N) is 1. The topological polar surface area (TPSA) is 128 Å². The lowest BCUT2D eigenvalue weighted by Crippen LogP contribution is -2.44. The van der Waals surface area contributed by atoms with Crippen molar-refractivity contribution < 1.29 is 29.2 Å². The van der Waals surface area contributed by atoms with Crippen molar-refractivity contribution >= 4 is 28.8 Å². The largest absolute Gasteiger partial charge is 0.738 e. The SMILES string of the molecule is CCOC(=O)[C@H](CSC(=O)C(C)(C)CON([O-])O)NC(=O)c1ccccc1. The van der Waals surface area contributed by atoms with Gasteiger partial charge in [-0.25, -0.2) is 4.79 Å². The Morgan fingerprint density at radius 2 is 1.93 bits per heavy atom. The fourth-order valence-corrected chi connectivity index (χ4v) is 2.86. The Balaban J connectivity index is 2.73. The van der Waals surface area contributed by atoms with Gasteiger partial charge in [0.2, 0.25) is 0 Å². The van der Waals surface area contributed by atoms with Crippen LogP contribution in [-0.4, -0.2) is 52.6 Å². The number of hydrogen-bond donors (Lipinski definition) is 2. The number of rotatable bonds is 10. The van der Waals surface area contributed by atoms with Crippen LogP contribution in [0.3, 0.4) is 0 Å². The number of carbonyl (C=O) groups is 3. The van der Waals surface area contributed by atoms with Gasteiger partial charge in [0.25, 0.3) is 5.91 Å². The van der Waals surface area contributed by atoms with Gasteiger partial charge in [-0.15, -0.1) is 5.39 Å². The fourth-order valence-electron chi connectivity index (χ4n) is 1.87. The Morgan fingerprint density at radius 3 is 2.48 bits per heavy atom. The van der Waals surface area contributed by atoms with Gasteiger partial charge < -0.3 is 20.5 Å². The van der Waals surface area contributed by atoms with E-state index in [2.05, 4.69) is 10.2 Å². The van der Waals surface area contributed by atoms with Crippen LogP contribution in [-0.2, 0) is 19.2 Å². The molecule has 0 saturated carbocycles. The molecule has 1 rings (SSSR count). The number of nitrogens with zero attached hydrogens (tertiary/aromatic N) is 1. The lowest BCUT2D eigenvalue weighted by atomic mass is 9.97. The van der Waals surface area contributed by atoms with Gasteiger partial charge in [0.1, 0.15) is 6.04 Å². The minimum absolute atomic E-state index is 0.0557. The molecule has 0 heterocycles. The molecule has 2 N–H and O–H groups in total. The summed E-state index contributed by atoms with van der Waals surface area (Å²) in [7, 11) is 0. The lowest BCUT2D eigenvalue weighted by molar-refractivity contribution is -0.313. The molecule has 0 radical (unpaired) electrons. The number of amides is 1. The lowest BCUT2D eigenvalue weighted by Gasteiger charge is -2.27. The van der Waals surface area contributed by atoms with Crippen molar-refractivity contribution in [3.63, 3.8) is 0 Å². The van der Waals surface area contributed by atoms with Crippen molar-refractivity contribution in [1.29, 1.82) is 0 Å². The van der Waals surface area contributed by atoms with Gasteiger partial charge in [-0.3, -0.25) is 14.4 Å². The summed E-state index contributed by atoms with van der Waals surface area (Å²) in [4.78, 5) is 41.1. The molecule has 150 valence electrons. The quantitative estimate of drug-likeness (QED) is 0.446. The molecular formula is C17H23N2O7S-. The highest BCUT2D eigenvalue weighted by molar-refractivity contribution is 8.13. The third-order valence-corrected chi connectivity index (χ3v) is 4.70. The summed E-state index contributed by atoms with van der Waals surface area (Å²) < 4.78 is 4.95. The van der Waals surface area contributed by atoms with Gasteiger partial charge in [0.15, 0.2) is 5.12 Å². The molecule has 1 atom stereocenters. The van der Waals surface area contributed by atoms with Crippen LogP contribution >= 0.6 is 11.8 Å². The van der Waals surface area contributed by atoms with Crippen LogP contribution in [0.1, 0.15) is 31.1 Å². The second-order valence-electron chi connectivity index (χ2n) is 6.14. The first-order valence-electron chi connectivity index (χ1n) is 8.16. The second kappa shape index (κ2) is 11.0. The van der Waals surface area contributed by atoms with Gasteiger partial charge in [-0.1, -0.05) is 30.0 Å². The van der Waals surface area contributed by atoms with Crippen LogP contribution in [0.2, 0.25) is 0 Å². The van der Waals surface area contributed by atoms with E-state index in [1.807, 2.05) is 0 Å². The van der Waals surface area contributed by atoms with Crippen LogP contribution < -0.4 is 5.32 Å². The number of esters is 1. The van der Waals surface area contributed by atoms with Crippen LogP contribution in [0.15, 0.2) is 30.3 Å². The summed E-state index contributed by atoms with van der Waals surface area (Å²) in [6.45, 7) is 4.46. The molecule has 0 aliphatic carbocycles.